The van der Waals surface area contributed by atoms with Gasteiger partial charge in [-0.2, -0.15) is 10.5 Å². The van der Waals surface area contributed by atoms with Crippen LogP contribution >= 0.6 is 0 Å². The van der Waals surface area contributed by atoms with Gasteiger partial charge in [0.2, 0.25) is 0 Å². The van der Waals surface area contributed by atoms with Crippen molar-refractivity contribution in [3.63, 3.8) is 0 Å². The van der Waals surface area contributed by atoms with E-state index in [1.807, 2.05) is 18.2 Å². The molecule has 3 heterocycles. The van der Waals surface area contributed by atoms with Gasteiger partial charge in [0.15, 0.2) is 11.4 Å². The molecule has 1 aliphatic heterocycles. The van der Waals surface area contributed by atoms with Crippen LogP contribution in [0.15, 0.2) is 127 Å². The summed E-state index contributed by atoms with van der Waals surface area (Å²) in [4.78, 5) is 9.49. The van der Waals surface area contributed by atoms with E-state index in [-0.39, 0.29) is 11.4 Å². The van der Waals surface area contributed by atoms with Gasteiger partial charge in [-0.25, -0.2) is 9.97 Å². The van der Waals surface area contributed by atoms with Crippen LogP contribution < -0.4 is 0 Å². The fourth-order valence-electron chi connectivity index (χ4n) is 8.92. The summed E-state index contributed by atoms with van der Waals surface area (Å²) >= 11 is 0. The largest absolute Gasteiger partial charge is 0.309 e. The van der Waals surface area contributed by atoms with E-state index in [1.54, 1.807) is 0 Å². The highest BCUT2D eigenvalue weighted by molar-refractivity contribution is 6.27. The second-order valence-electron chi connectivity index (χ2n) is 12.7. The Bertz CT molecular complexity index is 3000. The quantitative estimate of drug-likeness (QED) is 0.161. The lowest BCUT2D eigenvalue weighted by molar-refractivity contribution is 0.748. The van der Waals surface area contributed by atoms with Gasteiger partial charge in [0.25, 0.3) is 0 Å². The third-order valence-corrected chi connectivity index (χ3v) is 10.7. The molecule has 0 atom stereocenters. The van der Waals surface area contributed by atoms with Crippen LogP contribution in [0.25, 0.3) is 71.2 Å². The fraction of sp³-hybridized carbons (Fsp3) is 0.0233. The minimum Gasteiger partial charge on any atom is -0.309 e. The van der Waals surface area contributed by atoms with Crippen molar-refractivity contribution < 1.29 is 0 Å². The molecule has 218 valence electrons. The maximum atomic E-state index is 9.92. The Morgan fingerprint density at radius 1 is 0.479 bits per heavy atom. The summed E-state index contributed by atoms with van der Waals surface area (Å²) in [5.41, 5.74) is 11.9. The molecular weight excluding hydrogens is 587 g/mol. The predicted molar refractivity (Wildman–Crippen MR) is 189 cm³/mol. The van der Waals surface area contributed by atoms with Crippen LogP contribution in [0.5, 0.6) is 0 Å². The van der Waals surface area contributed by atoms with Crippen molar-refractivity contribution in [2.45, 2.75) is 5.41 Å². The smallest absolute Gasteiger partial charge is 0.177 e. The van der Waals surface area contributed by atoms with Gasteiger partial charge in [0, 0.05) is 21.5 Å². The molecule has 0 saturated carbocycles. The average molecular weight is 608 g/mol. The van der Waals surface area contributed by atoms with Crippen LogP contribution in [-0.2, 0) is 5.41 Å². The number of nitrogens with zero attached hydrogens (tertiary/aromatic N) is 5. The number of fused-ring (bicyclic) bond motifs is 18. The summed E-state index contributed by atoms with van der Waals surface area (Å²) in [5, 5.41) is 26.0. The molecule has 11 rings (SSSR count). The molecule has 0 amide bonds. The van der Waals surface area contributed by atoms with E-state index in [0.717, 1.165) is 38.1 Å². The number of nitriles is 2. The molecule has 0 saturated heterocycles. The Morgan fingerprint density at radius 2 is 1.04 bits per heavy atom. The van der Waals surface area contributed by atoms with Crippen LogP contribution in [0.3, 0.4) is 0 Å². The van der Waals surface area contributed by atoms with Gasteiger partial charge in [-0.15, -0.1) is 0 Å². The van der Waals surface area contributed by atoms with E-state index >= 15 is 0 Å². The first kappa shape index (κ1) is 25.4. The lowest BCUT2D eigenvalue weighted by Crippen LogP contribution is -2.33. The van der Waals surface area contributed by atoms with Crippen molar-refractivity contribution >= 4 is 54.4 Å². The molecule has 7 aromatic carbocycles. The normalized spacial score (nSPS) is 13.5. The van der Waals surface area contributed by atoms with Gasteiger partial charge in [0.1, 0.15) is 12.1 Å². The van der Waals surface area contributed by atoms with E-state index in [1.165, 1.54) is 44.3 Å². The number of aromatic nitrogens is 3. The number of para-hydroxylation sites is 2. The first-order chi connectivity index (χ1) is 23.7. The van der Waals surface area contributed by atoms with Crippen LogP contribution in [0, 0.1) is 22.7 Å². The number of benzene rings is 7. The van der Waals surface area contributed by atoms with Crippen LogP contribution in [0.1, 0.15) is 33.6 Å². The minimum atomic E-state index is -0.479. The molecule has 0 bridgehead atoms. The Labute approximate surface area is 274 Å². The predicted octanol–water partition coefficient (Wildman–Crippen LogP) is 9.45. The van der Waals surface area contributed by atoms with Crippen molar-refractivity contribution in [1.82, 2.24) is 14.5 Å². The van der Waals surface area contributed by atoms with Crippen molar-refractivity contribution in [2.75, 3.05) is 0 Å². The number of hydrogen-bond acceptors (Lipinski definition) is 4. The van der Waals surface area contributed by atoms with Crippen LogP contribution in [0.2, 0.25) is 0 Å². The molecule has 2 aromatic heterocycles. The Morgan fingerprint density at radius 3 is 1.75 bits per heavy atom. The van der Waals surface area contributed by atoms with Gasteiger partial charge in [-0.3, -0.25) is 0 Å². The fourth-order valence-corrected chi connectivity index (χ4v) is 8.92. The van der Waals surface area contributed by atoms with Crippen molar-refractivity contribution in [3.8, 4) is 29.0 Å². The van der Waals surface area contributed by atoms with Crippen LogP contribution in [-0.4, -0.2) is 14.5 Å². The minimum absolute atomic E-state index is 0.0384. The Hall–Kier alpha value is -6.82. The van der Waals surface area contributed by atoms with Gasteiger partial charge >= 0.3 is 0 Å². The summed E-state index contributed by atoms with van der Waals surface area (Å²) in [5.74, 6) is 0. The zero-order chi connectivity index (χ0) is 31.7. The second-order valence-corrected chi connectivity index (χ2v) is 12.7. The molecule has 9 aromatic rings. The first-order valence-corrected chi connectivity index (χ1v) is 16.0. The molecule has 0 radical (unpaired) electrons. The molecule has 5 heteroatoms. The van der Waals surface area contributed by atoms with Crippen molar-refractivity contribution in [1.29, 1.82) is 10.5 Å². The highest BCUT2D eigenvalue weighted by Crippen LogP contribution is 2.61. The molecule has 5 nitrogen and oxygen atoms in total. The zero-order valence-electron chi connectivity index (χ0n) is 25.4. The summed E-state index contributed by atoms with van der Waals surface area (Å²) in [6, 6.07) is 50.1. The van der Waals surface area contributed by atoms with Gasteiger partial charge in [-0.05, 0) is 62.4 Å². The summed E-state index contributed by atoms with van der Waals surface area (Å²) in [7, 11) is 0. The monoisotopic (exact) mass is 607 g/mol. The zero-order valence-corrected chi connectivity index (χ0v) is 25.4. The summed E-state index contributed by atoms with van der Waals surface area (Å²) in [6.07, 6.45) is 0. The lowest BCUT2D eigenvalue weighted by Gasteiger charge is -2.39. The highest BCUT2D eigenvalue weighted by Gasteiger charge is 2.50. The standard InChI is InChI=1S/C43H21N5/c44-22-36-37(23-45)47-41-31-21-39-30(20-29(31)24-10-1-2-13-27(24)40(41)46-36)28-14-9-18-35-42(28)48(39)38-19-8-7-17-34(38)43(35)32-15-5-3-11-25(32)26-12-4-6-16-33(26)43/h1-21H. The topological polar surface area (TPSA) is 78.3 Å². The molecule has 2 aliphatic rings. The third-order valence-electron chi connectivity index (χ3n) is 10.7. The first-order valence-electron chi connectivity index (χ1n) is 16.0. The molecular formula is C43H21N5. The summed E-state index contributed by atoms with van der Waals surface area (Å²) in [6.45, 7) is 0. The number of rotatable bonds is 0. The average Bonchev–Trinajstić information content (AvgIpc) is 3.64. The van der Waals surface area contributed by atoms with Crippen LogP contribution in [0.4, 0.5) is 0 Å². The Kier molecular flexibility index (Phi) is 4.60. The van der Waals surface area contributed by atoms with Gasteiger partial charge in [-0.1, -0.05) is 109 Å². The molecule has 0 fully saturated rings. The second kappa shape index (κ2) is 8.70. The van der Waals surface area contributed by atoms with E-state index in [9.17, 15) is 10.5 Å². The van der Waals surface area contributed by atoms with E-state index in [0.29, 0.717) is 11.0 Å². The molecule has 0 N–H and O–H groups in total. The molecule has 0 unspecified atom stereocenters. The van der Waals surface area contributed by atoms with E-state index in [2.05, 4.69) is 126 Å². The third kappa shape index (κ3) is 2.79. The maximum absolute atomic E-state index is 9.92. The Balaban J connectivity index is 1.38. The lowest BCUT2D eigenvalue weighted by atomic mass is 9.65. The van der Waals surface area contributed by atoms with E-state index < -0.39 is 5.41 Å². The van der Waals surface area contributed by atoms with Crippen molar-refractivity contribution in [2.24, 2.45) is 0 Å². The molecule has 48 heavy (non-hydrogen) atoms. The maximum Gasteiger partial charge on any atom is 0.177 e. The molecule has 1 spiro atoms. The SMILES string of the molecule is N#Cc1nc2c3ccccc3c3cc4c5cccc6c5n(c4cc3c2nc1C#N)-c1ccccc1C61c2ccccc2-c2ccccc21. The summed E-state index contributed by atoms with van der Waals surface area (Å²) < 4.78 is 2.42. The van der Waals surface area contributed by atoms with Gasteiger partial charge in [0.05, 0.1) is 33.2 Å². The van der Waals surface area contributed by atoms with E-state index in [4.69, 9.17) is 9.97 Å². The highest BCUT2D eigenvalue weighted by atomic mass is 15.0. The number of hydrogen-bond donors (Lipinski definition) is 0. The van der Waals surface area contributed by atoms with Gasteiger partial charge < -0.3 is 4.57 Å². The molecule has 1 aliphatic carbocycles. The van der Waals surface area contributed by atoms with Crippen molar-refractivity contribution in [3.05, 3.63) is 161 Å².